The summed E-state index contributed by atoms with van der Waals surface area (Å²) < 4.78 is 35.0. The first kappa shape index (κ1) is 21.8. The predicted octanol–water partition coefficient (Wildman–Crippen LogP) is 5.03. The van der Waals surface area contributed by atoms with Crippen LogP contribution in [0.25, 0.3) is 0 Å². The van der Waals surface area contributed by atoms with Crippen molar-refractivity contribution in [3.05, 3.63) is 57.6 Å². The molecule has 1 saturated carbocycles. The van der Waals surface area contributed by atoms with Crippen LogP contribution in [0.1, 0.15) is 59.1 Å². The van der Waals surface area contributed by atoms with Crippen LogP contribution in [0.15, 0.2) is 29.2 Å². The third-order valence-corrected chi connectivity index (χ3v) is 8.74. The molecule has 0 heterocycles. The van der Waals surface area contributed by atoms with E-state index in [-0.39, 0.29) is 5.41 Å². The van der Waals surface area contributed by atoms with Crippen molar-refractivity contribution >= 4 is 10.0 Å². The minimum absolute atomic E-state index is 0.157. The first-order valence-electron chi connectivity index (χ1n) is 10.3. The average molecular weight is 416 g/mol. The van der Waals surface area contributed by atoms with Gasteiger partial charge in [-0.25, -0.2) is 13.1 Å². The molecule has 3 rings (SSSR count). The summed E-state index contributed by atoms with van der Waals surface area (Å²) in [4.78, 5) is 0.445. The van der Waals surface area contributed by atoms with Gasteiger partial charge >= 0.3 is 0 Å². The normalized spacial score (nSPS) is 16.2. The van der Waals surface area contributed by atoms with E-state index >= 15 is 0 Å². The summed E-state index contributed by atoms with van der Waals surface area (Å²) in [5.41, 5.74) is 6.01. The quantitative estimate of drug-likeness (QED) is 0.720. The molecule has 0 atom stereocenters. The van der Waals surface area contributed by atoms with Crippen molar-refractivity contribution < 1.29 is 13.2 Å². The molecule has 0 radical (unpaired) electrons. The smallest absolute Gasteiger partial charge is 0.241 e. The second-order valence-corrected chi connectivity index (χ2v) is 10.2. The maximum Gasteiger partial charge on any atom is 0.241 e. The van der Waals surface area contributed by atoms with Crippen molar-refractivity contribution in [3.63, 3.8) is 0 Å². The molecule has 2 aromatic carbocycles. The highest BCUT2D eigenvalue weighted by Gasteiger charge is 2.37. The summed E-state index contributed by atoms with van der Waals surface area (Å²) in [6.45, 7) is 10.3. The number of benzene rings is 2. The molecule has 0 aromatic heterocycles. The van der Waals surface area contributed by atoms with Crippen LogP contribution in [0.3, 0.4) is 0 Å². The highest BCUT2D eigenvalue weighted by atomic mass is 32.2. The van der Waals surface area contributed by atoms with E-state index in [0.717, 1.165) is 53.7 Å². The highest BCUT2D eigenvalue weighted by Crippen LogP contribution is 2.41. The molecule has 29 heavy (non-hydrogen) atoms. The van der Waals surface area contributed by atoms with Crippen LogP contribution in [-0.4, -0.2) is 22.1 Å². The van der Waals surface area contributed by atoms with Gasteiger partial charge in [0.05, 0.1) is 12.0 Å². The van der Waals surface area contributed by atoms with Crippen molar-refractivity contribution in [2.45, 2.75) is 70.6 Å². The van der Waals surface area contributed by atoms with Crippen molar-refractivity contribution in [1.29, 1.82) is 0 Å². The lowest BCUT2D eigenvalue weighted by Crippen LogP contribution is -2.39. The van der Waals surface area contributed by atoms with Gasteiger partial charge < -0.3 is 4.74 Å². The van der Waals surface area contributed by atoms with E-state index in [1.807, 2.05) is 39.8 Å². The largest absolute Gasteiger partial charge is 0.497 e. The van der Waals surface area contributed by atoms with Gasteiger partial charge in [-0.1, -0.05) is 25.0 Å². The molecule has 0 saturated heterocycles. The molecular weight excluding hydrogens is 382 g/mol. The molecular formula is C24H33NO3S. The van der Waals surface area contributed by atoms with Crippen molar-refractivity contribution in [2.24, 2.45) is 0 Å². The Morgan fingerprint density at radius 3 is 1.83 bits per heavy atom. The summed E-state index contributed by atoms with van der Waals surface area (Å²) in [5, 5.41) is 0. The molecule has 0 aliphatic heterocycles. The zero-order valence-electron chi connectivity index (χ0n) is 18.5. The van der Waals surface area contributed by atoms with Crippen molar-refractivity contribution in [3.8, 4) is 5.75 Å². The first-order valence-corrected chi connectivity index (χ1v) is 11.8. The van der Waals surface area contributed by atoms with Gasteiger partial charge in [0, 0.05) is 12.0 Å². The molecule has 1 aliphatic carbocycles. The van der Waals surface area contributed by atoms with Crippen LogP contribution in [-0.2, 0) is 15.4 Å². The van der Waals surface area contributed by atoms with E-state index in [1.54, 1.807) is 7.11 Å². The number of sulfonamides is 1. The van der Waals surface area contributed by atoms with Crippen molar-refractivity contribution in [2.75, 3.05) is 13.7 Å². The minimum Gasteiger partial charge on any atom is -0.497 e. The third kappa shape index (κ3) is 3.95. The van der Waals surface area contributed by atoms with Crippen LogP contribution in [0, 0.1) is 34.6 Å². The monoisotopic (exact) mass is 415 g/mol. The van der Waals surface area contributed by atoms with Crippen molar-refractivity contribution in [1.82, 2.24) is 4.72 Å². The molecule has 2 aromatic rings. The summed E-state index contributed by atoms with van der Waals surface area (Å²) in [7, 11) is -1.95. The molecule has 1 N–H and O–H groups in total. The first-order chi connectivity index (χ1) is 13.6. The second-order valence-electron chi connectivity index (χ2n) is 8.49. The molecule has 0 bridgehead atoms. The Kier molecular flexibility index (Phi) is 6.11. The number of nitrogens with one attached hydrogen (secondary N) is 1. The molecule has 0 unspecified atom stereocenters. The van der Waals surface area contributed by atoms with Gasteiger partial charge in [0.1, 0.15) is 5.75 Å². The van der Waals surface area contributed by atoms with Crippen LogP contribution in [0.5, 0.6) is 5.75 Å². The Labute approximate surface area is 175 Å². The fourth-order valence-electron chi connectivity index (χ4n) is 4.74. The number of hydrogen-bond acceptors (Lipinski definition) is 3. The molecule has 0 spiro atoms. The molecule has 4 nitrogen and oxygen atoms in total. The molecule has 0 amide bonds. The molecule has 158 valence electrons. The number of methoxy groups -OCH3 is 1. The summed E-state index contributed by atoms with van der Waals surface area (Å²) in [6.07, 6.45) is 4.22. The van der Waals surface area contributed by atoms with Gasteiger partial charge in [-0.05, 0) is 93.0 Å². The number of ether oxygens (including phenoxy) is 1. The van der Waals surface area contributed by atoms with Gasteiger partial charge in [-0.2, -0.15) is 0 Å². The SMILES string of the molecule is COc1ccc(C2(CNS(=O)(=O)c3c(C)c(C)c(C)c(C)c3C)CCCC2)cc1. The van der Waals surface area contributed by atoms with E-state index in [0.29, 0.717) is 11.4 Å². The van der Waals surface area contributed by atoms with Crippen LogP contribution < -0.4 is 9.46 Å². The van der Waals surface area contributed by atoms with Crippen LogP contribution >= 0.6 is 0 Å². The zero-order valence-corrected chi connectivity index (χ0v) is 19.3. The third-order valence-electron chi connectivity index (χ3n) is 7.06. The lowest BCUT2D eigenvalue weighted by molar-refractivity contribution is 0.410. The van der Waals surface area contributed by atoms with Gasteiger partial charge in [0.25, 0.3) is 0 Å². The summed E-state index contributed by atoms with van der Waals surface area (Å²) in [5.74, 6) is 0.819. The Morgan fingerprint density at radius 2 is 1.34 bits per heavy atom. The Balaban J connectivity index is 1.94. The lowest BCUT2D eigenvalue weighted by atomic mass is 9.79. The minimum atomic E-state index is -3.60. The zero-order chi connectivity index (χ0) is 21.4. The van der Waals surface area contributed by atoms with Gasteiger partial charge in [0.2, 0.25) is 10.0 Å². The van der Waals surface area contributed by atoms with Gasteiger partial charge in [-0.3, -0.25) is 0 Å². The summed E-state index contributed by atoms with van der Waals surface area (Å²) >= 11 is 0. The standard InChI is InChI=1S/C24H33NO3S/c1-16-17(2)19(4)23(20(5)18(16)3)29(26,27)25-15-24(13-7-8-14-24)21-9-11-22(28-6)12-10-21/h9-12,25H,7-8,13-15H2,1-6H3. The van der Waals surface area contributed by atoms with E-state index in [9.17, 15) is 8.42 Å². The van der Waals surface area contributed by atoms with E-state index < -0.39 is 10.0 Å². The van der Waals surface area contributed by atoms with Crippen LogP contribution in [0.2, 0.25) is 0 Å². The lowest BCUT2D eigenvalue weighted by Gasteiger charge is -2.30. The highest BCUT2D eigenvalue weighted by molar-refractivity contribution is 7.89. The number of rotatable bonds is 6. The average Bonchev–Trinajstić information content (AvgIpc) is 3.20. The second kappa shape index (κ2) is 8.11. The fourth-order valence-corrected chi connectivity index (χ4v) is 6.46. The van der Waals surface area contributed by atoms with Gasteiger partial charge in [-0.15, -0.1) is 0 Å². The molecule has 5 heteroatoms. The maximum atomic E-state index is 13.4. The Hall–Kier alpha value is -1.85. The predicted molar refractivity (Wildman–Crippen MR) is 118 cm³/mol. The van der Waals surface area contributed by atoms with Gasteiger partial charge in [0.15, 0.2) is 0 Å². The van der Waals surface area contributed by atoms with E-state index in [1.165, 1.54) is 11.1 Å². The molecule has 1 aliphatic rings. The maximum absolute atomic E-state index is 13.4. The Morgan fingerprint density at radius 1 is 0.862 bits per heavy atom. The number of hydrogen-bond donors (Lipinski definition) is 1. The van der Waals surface area contributed by atoms with E-state index in [2.05, 4.69) is 23.8 Å². The van der Waals surface area contributed by atoms with E-state index in [4.69, 9.17) is 4.74 Å². The Bertz CT molecular complexity index is 972. The topological polar surface area (TPSA) is 55.4 Å². The van der Waals surface area contributed by atoms with Crippen LogP contribution in [0.4, 0.5) is 0 Å². The fraction of sp³-hybridized carbons (Fsp3) is 0.500. The summed E-state index contributed by atoms with van der Waals surface area (Å²) in [6, 6.07) is 8.08. The molecule has 1 fully saturated rings.